The highest BCUT2D eigenvalue weighted by atomic mass is 19.1. The van der Waals surface area contributed by atoms with Gasteiger partial charge in [0.15, 0.2) is 0 Å². The van der Waals surface area contributed by atoms with E-state index in [0.717, 1.165) is 55.7 Å². The van der Waals surface area contributed by atoms with E-state index in [1.165, 1.54) is 0 Å². The van der Waals surface area contributed by atoms with Gasteiger partial charge in [-0.3, -0.25) is 0 Å². The zero-order valence-corrected chi connectivity index (χ0v) is 12.0. The fraction of sp³-hybridized carbons (Fsp3) is 0.471. The van der Waals surface area contributed by atoms with Crippen LogP contribution >= 0.6 is 0 Å². The molecule has 0 saturated carbocycles. The molecular weight excluding hydrogens is 267 g/mol. The van der Waals surface area contributed by atoms with E-state index in [0.29, 0.717) is 5.92 Å². The summed E-state index contributed by atoms with van der Waals surface area (Å²) in [5.41, 5.74) is 2.90. The molecule has 110 valence electrons. The van der Waals surface area contributed by atoms with Crippen molar-refractivity contribution in [3.63, 3.8) is 0 Å². The van der Waals surface area contributed by atoms with E-state index >= 15 is 0 Å². The third-order valence-electron chi connectivity index (χ3n) is 4.85. The lowest BCUT2D eigenvalue weighted by molar-refractivity contribution is 0.0625. The maximum Gasteiger partial charge on any atom is 0.129 e. The van der Waals surface area contributed by atoms with Crippen LogP contribution in [0.4, 0.5) is 4.39 Å². The fourth-order valence-corrected chi connectivity index (χ4v) is 3.71. The lowest BCUT2D eigenvalue weighted by atomic mass is 9.90. The molecule has 3 nitrogen and oxygen atoms in total. The van der Waals surface area contributed by atoms with E-state index in [2.05, 4.69) is 9.55 Å². The van der Waals surface area contributed by atoms with Crippen molar-refractivity contribution in [2.75, 3.05) is 13.2 Å². The van der Waals surface area contributed by atoms with Crippen molar-refractivity contribution >= 4 is 0 Å². The smallest absolute Gasteiger partial charge is 0.129 e. The molecule has 1 atom stereocenters. The number of benzene rings is 1. The van der Waals surface area contributed by atoms with Crippen LogP contribution in [0.1, 0.15) is 37.3 Å². The van der Waals surface area contributed by atoms with Crippen molar-refractivity contribution in [3.8, 4) is 11.3 Å². The number of rotatable bonds is 3. The quantitative estimate of drug-likeness (QED) is 0.858. The van der Waals surface area contributed by atoms with Crippen LogP contribution in [0.15, 0.2) is 30.7 Å². The zero-order valence-electron chi connectivity index (χ0n) is 12.0. The Morgan fingerprint density at radius 1 is 1.24 bits per heavy atom. The fourth-order valence-electron chi connectivity index (χ4n) is 3.71. The summed E-state index contributed by atoms with van der Waals surface area (Å²) in [6, 6.07) is 5.45. The summed E-state index contributed by atoms with van der Waals surface area (Å²) < 4.78 is 21.8. The van der Waals surface area contributed by atoms with Crippen LogP contribution in [0.25, 0.3) is 11.3 Å². The third-order valence-corrected chi connectivity index (χ3v) is 4.85. The lowest BCUT2D eigenvalue weighted by Gasteiger charge is -2.24. The van der Waals surface area contributed by atoms with Crippen LogP contribution in [-0.4, -0.2) is 22.8 Å². The molecule has 0 amide bonds. The summed E-state index contributed by atoms with van der Waals surface area (Å²) in [4.78, 5) is 4.24. The predicted octanol–water partition coefficient (Wildman–Crippen LogP) is 3.80. The molecule has 2 aromatic rings. The Bertz CT molecular complexity index is 646. The first-order valence-electron chi connectivity index (χ1n) is 7.73. The van der Waals surface area contributed by atoms with Gasteiger partial charge in [0.1, 0.15) is 5.82 Å². The SMILES string of the molecule is Fc1cccc2c1C(CCC1CCOCC1)n1cncc1-2. The maximum absolute atomic E-state index is 14.3. The van der Waals surface area contributed by atoms with Gasteiger partial charge in [0, 0.05) is 24.3 Å². The van der Waals surface area contributed by atoms with E-state index in [9.17, 15) is 4.39 Å². The van der Waals surface area contributed by atoms with Crippen molar-refractivity contribution in [2.24, 2.45) is 5.92 Å². The minimum Gasteiger partial charge on any atom is -0.381 e. The van der Waals surface area contributed by atoms with Gasteiger partial charge in [-0.1, -0.05) is 12.1 Å². The average molecular weight is 286 g/mol. The predicted molar refractivity (Wildman–Crippen MR) is 78.5 cm³/mol. The maximum atomic E-state index is 14.3. The number of halogens is 1. The van der Waals surface area contributed by atoms with Gasteiger partial charge in [-0.15, -0.1) is 0 Å². The summed E-state index contributed by atoms with van der Waals surface area (Å²) in [6.07, 6.45) is 8.04. The molecule has 0 aliphatic carbocycles. The summed E-state index contributed by atoms with van der Waals surface area (Å²) in [5.74, 6) is 0.620. The largest absolute Gasteiger partial charge is 0.381 e. The minimum absolute atomic E-state index is 0.0897. The minimum atomic E-state index is -0.0897. The first-order valence-corrected chi connectivity index (χ1v) is 7.73. The van der Waals surface area contributed by atoms with Crippen LogP contribution in [0.5, 0.6) is 0 Å². The molecule has 2 aliphatic heterocycles. The number of aromatic nitrogens is 2. The van der Waals surface area contributed by atoms with Crippen LogP contribution in [0.2, 0.25) is 0 Å². The van der Waals surface area contributed by atoms with Gasteiger partial charge in [-0.05, 0) is 37.7 Å². The van der Waals surface area contributed by atoms with E-state index in [4.69, 9.17) is 4.74 Å². The molecule has 2 aliphatic rings. The van der Waals surface area contributed by atoms with Crippen LogP contribution < -0.4 is 0 Å². The number of hydrogen-bond donors (Lipinski definition) is 0. The molecule has 0 radical (unpaired) electrons. The Labute approximate surface area is 123 Å². The number of nitrogens with zero attached hydrogens (tertiary/aromatic N) is 2. The van der Waals surface area contributed by atoms with Crippen LogP contribution in [0, 0.1) is 11.7 Å². The zero-order chi connectivity index (χ0) is 14.2. The van der Waals surface area contributed by atoms with Gasteiger partial charge in [0.25, 0.3) is 0 Å². The molecule has 21 heavy (non-hydrogen) atoms. The molecule has 0 bridgehead atoms. The van der Waals surface area contributed by atoms with E-state index < -0.39 is 0 Å². The second-order valence-electron chi connectivity index (χ2n) is 6.04. The second kappa shape index (κ2) is 5.26. The number of fused-ring (bicyclic) bond motifs is 3. The first-order chi connectivity index (χ1) is 10.3. The van der Waals surface area contributed by atoms with E-state index in [1.807, 2.05) is 18.6 Å². The van der Waals surface area contributed by atoms with Gasteiger partial charge in [0.2, 0.25) is 0 Å². The highest BCUT2D eigenvalue weighted by Crippen LogP contribution is 2.43. The topological polar surface area (TPSA) is 27.1 Å². The molecule has 3 heterocycles. The molecule has 4 heteroatoms. The molecule has 4 rings (SSSR count). The average Bonchev–Trinajstić information content (AvgIpc) is 3.08. The summed E-state index contributed by atoms with van der Waals surface area (Å²) in [6.45, 7) is 1.74. The van der Waals surface area contributed by atoms with Crippen LogP contribution in [0.3, 0.4) is 0 Å². The third kappa shape index (κ3) is 2.18. The summed E-state index contributed by atoms with van der Waals surface area (Å²) in [5, 5.41) is 0. The van der Waals surface area contributed by atoms with Gasteiger partial charge in [0.05, 0.1) is 24.3 Å². The molecule has 1 aromatic heterocycles. The van der Waals surface area contributed by atoms with Crippen molar-refractivity contribution in [1.82, 2.24) is 9.55 Å². The van der Waals surface area contributed by atoms with Gasteiger partial charge in [-0.25, -0.2) is 9.37 Å². The molecular formula is C17H19FN2O. The number of imidazole rings is 1. The summed E-state index contributed by atoms with van der Waals surface area (Å²) in [7, 11) is 0. The Kier molecular flexibility index (Phi) is 3.26. The number of ether oxygens (including phenoxy) is 1. The Balaban J connectivity index is 1.60. The Hall–Kier alpha value is -1.68. The molecule has 1 unspecified atom stereocenters. The monoisotopic (exact) mass is 286 g/mol. The van der Waals surface area contributed by atoms with Crippen molar-refractivity contribution in [1.29, 1.82) is 0 Å². The van der Waals surface area contributed by atoms with E-state index in [-0.39, 0.29) is 11.9 Å². The molecule has 1 aromatic carbocycles. The van der Waals surface area contributed by atoms with Gasteiger partial charge >= 0.3 is 0 Å². The van der Waals surface area contributed by atoms with Crippen molar-refractivity contribution < 1.29 is 9.13 Å². The Morgan fingerprint density at radius 2 is 2.10 bits per heavy atom. The highest BCUT2D eigenvalue weighted by molar-refractivity contribution is 5.69. The van der Waals surface area contributed by atoms with Crippen molar-refractivity contribution in [3.05, 3.63) is 42.1 Å². The van der Waals surface area contributed by atoms with Gasteiger partial charge in [-0.2, -0.15) is 0 Å². The molecule has 1 saturated heterocycles. The summed E-state index contributed by atoms with van der Waals surface area (Å²) >= 11 is 0. The first kappa shape index (κ1) is 13.0. The standard InChI is InChI=1S/C17H19FN2O/c18-14-3-1-2-13-16-10-19-11-20(16)15(17(13)14)5-4-12-6-8-21-9-7-12/h1-3,10-12,15H,4-9H2. The molecule has 1 fully saturated rings. The molecule has 0 spiro atoms. The van der Waals surface area contributed by atoms with Crippen molar-refractivity contribution in [2.45, 2.75) is 31.7 Å². The normalized spacial score (nSPS) is 21.3. The van der Waals surface area contributed by atoms with Gasteiger partial charge < -0.3 is 9.30 Å². The second-order valence-corrected chi connectivity index (χ2v) is 6.04. The molecule has 0 N–H and O–H groups in total. The van der Waals surface area contributed by atoms with Crippen LogP contribution in [-0.2, 0) is 4.74 Å². The highest BCUT2D eigenvalue weighted by Gasteiger charge is 2.31. The number of hydrogen-bond acceptors (Lipinski definition) is 2. The Morgan fingerprint density at radius 3 is 2.95 bits per heavy atom. The lowest BCUT2D eigenvalue weighted by Crippen LogP contribution is -2.17. The van der Waals surface area contributed by atoms with E-state index in [1.54, 1.807) is 12.1 Å².